The van der Waals surface area contributed by atoms with Gasteiger partial charge in [0.25, 0.3) is 5.91 Å². The summed E-state index contributed by atoms with van der Waals surface area (Å²) in [6.45, 7) is 0. The van der Waals surface area contributed by atoms with Crippen LogP contribution in [0.3, 0.4) is 0 Å². The lowest BCUT2D eigenvalue weighted by atomic mass is 10.2. The van der Waals surface area contributed by atoms with E-state index in [0.29, 0.717) is 27.4 Å². The molecule has 4 aromatic rings. The summed E-state index contributed by atoms with van der Waals surface area (Å²) in [6, 6.07) is 18.1. The number of carbonyl (C=O) groups excluding carboxylic acids is 1. The second-order valence-corrected chi connectivity index (χ2v) is 6.02. The smallest absolute Gasteiger partial charge is 0.257 e. The number of hydrogen-bond donors (Lipinski definition) is 1. The van der Waals surface area contributed by atoms with E-state index in [1.165, 1.54) is 6.07 Å². The van der Waals surface area contributed by atoms with Gasteiger partial charge in [0.1, 0.15) is 11.3 Å². The summed E-state index contributed by atoms with van der Waals surface area (Å²) in [7, 11) is 0. The average molecular weight is 367 g/mol. The lowest BCUT2D eigenvalue weighted by Crippen LogP contribution is -2.12. The normalized spacial score (nSPS) is 10.8. The maximum atomic E-state index is 13.9. The lowest BCUT2D eigenvalue weighted by molar-refractivity contribution is 0.102. The molecule has 0 bridgehead atoms. The minimum atomic E-state index is -0.411. The molecule has 128 valence electrons. The Kier molecular flexibility index (Phi) is 4.14. The van der Waals surface area contributed by atoms with E-state index in [2.05, 4.69) is 10.3 Å². The molecule has 0 radical (unpaired) electrons. The second kappa shape index (κ2) is 6.61. The maximum Gasteiger partial charge on any atom is 0.257 e. The molecule has 0 atom stereocenters. The lowest BCUT2D eigenvalue weighted by Gasteiger charge is -2.06. The first kappa shape index (κ1) is 16.3. The number of nitrogens with zero attached hydrogens (tertiary/aromatic N) is 1. The summed E-state index contributed by atoms with van der Waals surface area (Å²) in [5.74, 6) is -0.549. The van der Waals surface area contributed by atoms with Gasteiger partial charge in [-0.1, -0.05) is 35.9 Å². The van der Waals surface area contributed by atoms with Gasteiger partial charge in [-0.2, -0.15) is 0 Å². The Labute approximate surface area is 153 Å². The molecule has 0 unspecified atom stereocenters. The molecule has 4 rings (SSSR count). The molecule has 1 heterocycles. The van der Waals surface area contributed by atoms with Gasteiger partial charge in [-0.05, 0) is 42.5 Å². The molecule has 0 saturated carbocycles. The first-order valence-electron chi connectivity index (χ1n) is 7.83. The van der Waals surface area contributed by atoms with Gasteiger partial charge < -0.3 is 9.73 Å². The maximum absolute atomic E-state index is 13.9. The van der Waals surface area contributed by atoms with Gasteiger partial charge in [0, 0.05) is 5.69 Å². The van der Waals surface area contributed by atoms with E-state index >= 15 is 0 Å². The summed E-state index contributed by atoms with van der Waals surface area (Å²) in [5.41, 5.74) is 2.21. The van der Waals surface area contributed by atoms with E-state index in [1.54, 1.807) is 60.7 Å². The van der Waals surface area contributed by atoms with Gasteiger partial charge in [-0.3, -0.25) is 4.79 Å². The third-order valence-corrected chi connectivity index (χ3v) is 4.20. The largest absolute Gasteiger partial charge is 0.436 e. The molecular formula is C20H12ClFN2O2. The van der Waals surface area contributed by atoms with Gasteiger partial charge >= 0.3 is 0 Å². The minimum absolute atomic E-state index is 0.188. The van der Waals surface area contributed by atoms with Crippen LogP contribution in [0.4, 0.5) is 10.1 Å². The number of aromatic nitrogens is 1. The number of fused-ring (bicyclic) bond motifs is 1. The molecule has 1 amide bonds. The first-order chi connectivity index (χ1) is 12.6. The molecule has 3 aromatic carbocycles. The molecular weight excluding hydrogens is 355 g/mol. The monoisotopic (exact) mass is 366 g/mol. The van der Waals surface area contributed by atoms with Crippen molar-refractivity contribution in [2.45, 2.75) is 0 Å². The van der Waals surface area contributed by atoms with Crippen LogP contribution in [0, 0.1) is 5.82 Å². The van der Waals surface area contributed by atoms with E-state index < -0.39 is 5.82 Å². The zero-order valence-corrected chi connectivity index (χ0v) is 14.1. The highest BCUT2D eigenvalue weighted by Crippen LogP contribution is 2.28. The van der Waals surface area contributed by atoms with E-state index in [4.69, 9.17) is 16.0 Å². The highest BCUT2D eigenvalue weighted by atomic mass is 35.5. The molecule has 0 aliphatic carbocycles. The Morgan fingerprint density at radius 1 is 1.04 bits per heavy atom. The predicted molar refractivity (Wildman–Crippen MR) is 98.8 cm³/mol. The van der Waals surface area contributed by atoms with Crippen LogP contribution >= 0.6 is 11.6 Å². The van der Waals surface area contributed by atoms with Gasteiger partial charge in [0.15, 0.2) is 5.58 Å². The average Bonchev–Trinajstić information content (AvgIpc) is 3.05. The zero-order chi connectivity index (χ0) is 18.1. The molecule has 0 saturated heterocycles. The van der Waals surface area contributed by atoms with Crippen molar-refractivity contribution in [2.24, 2.45) is 0 Å². The van der Waals surface area contributed by atoms with Crippen LogP contribution in [-0.2, 0) is 0 Å². The highest BCUT2D eigenvalue weighted by Gasteiger charge is 2.14. The quantitative estimate of drug-likeness (QED) is 0.518. The van der Waals surface area contributed by atoms with Crippen molar-refractivity contribution in [2.75, 3.05) is 5.32 Å². The molecule has 1 aromatic heterocycles. The van der Waals surface area contributed by atoms with Crippen molar-refractivity contribution in [1.29, 1.82) is 0 Å². The SMILES string of the molecule is O=C(Nc1ccc2oc(-c3ccccc3F)nc2c1)c1ccccc1Cl. The van der Waals surface area contributed by atoms with Crippen LogP contribution in [0.5, 0.6) is 0 Å². The van der Waals surface area contributed by atoms with Gasteiger partial charge in [0.2, 0.25) is 5.89 Å². The Hall–Kier alpha value is -3.18. The molecule has 0 fully saturated rings. The zero-order valence-electron chi connectivity index (χ0n) is 13.4. The molecule has 0 spiro atoms. The number of anilines is 1. The summed E-state index contributed by atoms with van der Waals surface area (Å²) in [5, 5.41) is 3.14. The van der Waals surface area contributed by atoms with Crippen molar-refractivity contribution >= 4 is 34.3 Å². The van der Waals surface area contributed by atoms with Gasteiger partial charge in [0.05, 0.1) is 16.1 Å². The third kappa shape index (κ3) is 3.05. The first-order valence-corrected chi connectivity index (χ1v) is 8.21. The molecule has 4 nitrogen and oxygen atoms in total. The summed E-state index contributed by atoms with van der Waals surface area (Å²) in [6.07, 6.45) is 0. The third-order valence-electron chi connectivity index (χ3n) is 3.87. The fourth-order valence-electron chi connectivity index (χ4n) is 2.60. The standard InChI is InChI=1S/C20H12ClFN2O2/c21-15-7-3-1-5-13(15)19(25)23-12-9-10-18-17(11-12)24-20(26-18)14-6-2-4-8-16(14)22/h1-11H,(H,23,25). The van der Waals surface area contributed by atoms with Crippen molar-refractivity contribution in [3.63, 3.8) is 0 Å². The van der Waals surface area contributed by atoms with Gasteiger partial charge in [-0.25, -0.2) is 9.37 Å². The number of rotatable bonds is 3. The van der Waals surface area contributed by atoms with Crippen molar-refractivity contribution < 1.29 is 13.6 Å². The van der Waals surface area contributed by atoms with Crippen LogP contribution in [0.25, 0.3) is 22.6 Å². The number of hydrogen-bond acceptors (Lipinski definition) is 3. The Morgan fingerprint density at radius 3 is 2.62 bits per heavy atom. The summed E-state index contributed by atoms with van der Waals surface area (Å²) < 4.78 is 19.5. The number of amides is 1. The van der Waals surface area contributed by atoms with Crippen LogP contribution < -0.4 is 5.32 Å². The predicted octanol–water partition coefficient (Wildman–Crippen LogP) is 5.54. The molecule has 0 aliphatic heterocycles. The van der Waals surface area contributed by atoms with Crippen molar-refractivity contribution in [1.82, 2.24) is 4.98 Å². The fourth-order valence-corrected chi connectivity index (χ4v) is 2.82. The van der Waals surface area contributed by atoms with E-state index in [9.17, 15) is 9.18 Å². The van der Waals surface area contributed by atoms with E-state index in [0.717, 1.165) is 0 Å². The Bertz CT molecular complexity index is 1120. The number of halogens is 2. The van der Waals surface area contributed by atoms with Crippen LogP contribution in [-0.4, -0.2) is 10.9 Å². The van der Waals surface area contributed by atoms with Crippen molar-refractivity contribution in [3.8, 4) is 11.5 Å². The highest BCUT2D eigenvalue weighted by molar-refractivity contribution is 6.34. The summed E-state index contributed by atoms with van der Waals surface area (Å²) in [4.78, 5) is 16.7. The topological polar surface area (TPSA) is 55.1 Å². The van der Waals surface area contributed by atoms with Crippen LogP contribution in [0.2, 0.25) is 5.02 Å². The Balaban J connectivity index is 1.65. The van der Waals surface area contributed by atoms with E-state index in [-0.39, 0.29) is 17.4 Å². The van der Waals surface area contributed by atoms with E-state index in [1.807, 2.05) is 0 Å². The number of benzene rings is 3. The molecule has 0 aliphatic rings. The number of carbonyl (C=O) groups is 1. The minimum Gasteiger partial charge on any atom is -0.436 e. The Morgan fingerprint density at radius 2 is 1.81 bits per heavy atom. The molecule has 1 N–H and O–H groups in total. The molecule has 6 heteroatoms. The van der Waals surface area contributed by atoms with Gasteiger partial charge in [-0.15, -0.1) is 0 Å². The van der Waals surface area contributed by atoms with Crippen LogP contribution in [0.1, 0.15) is 10.4 Å². The van der Waals surface area contributed by atoms with Crippen molar-refractivity contribution in [3.05, 3.63) is 83.1 Å². The molecule has 26 heavy (non-hydrogen) atoms. The summed E-state index contributed by atoms with van der Waals surface area (Å²) >= 11 is 6.04. The number of nitrogens with one attached hydrogen (secondary N) is 1. The van der Waals surface area contributed by atoms with Crippen LogP contribution in [0.15, 0.2) is 71.1 Å². The number of oxazole rings is 1. The second-order valence-electron chi connectivity index (χ2n) is 5.62. The fraction of sp³-hybridized carbons (Fsp3) is 0.